The normalized spacial score (nSPS) is 16.9. The lowest BCUT2D eigenvalue weighted by Gasteiger charge is -2.25. The van der Waals surface area contributed by atoms with Gasteiger partial charge in [0, 0.05) is 38.9 Å². The molecule has 1 aromatic heterocycles. The number of rotatable bonds is 5. The van der Waals surface area contributed by atoms with E-state index in [9.17, 15) is 18.0 Å². The summed E-state index contributed by atoms with van der Waals surface area (Å²) in [5, 5.41) is 0. The molecule has 0 spiro atoms. The van der Waals surface area contributed by atoms with Gasteiger partial charge in [-0.1, -0.05) is 12.1 Å². The Balaban J connectivity index is 1.56. The number of aromatic nitrogens is 1. The molecule has 0 saturated carbocycles. The standard InChI is InChI=1S/C21H24F3N3O2/c1-16(29-19-8-4-6-17(14-19)21(22,23)24)20(28)27-11-5-10-26(12-13-27)15-18-7-2-3-9-25-18/h2-4,6-9,14,16H,5,10-13,15H2,1H3/t16-/m1/s1. The highest BCUT2D eigenvalue weighted by molar-refractivity contribution is 5.81. The quantitative estimate of drug-likeness (QED) is 0.760. The first-order valence-corrected chi connectivity index (χ1v) is 9.58. The number of hydrogen-bond donors (Lipinski definition) is 0. The minimum absolute atomic E-state index is 0.0345. The average molecular weight is 407 g/mol. The van der Waals surface area contributed by atoms with Gasteiger partial charge in [0.2, 0.25) is 0 Å². The van der Waals surface area contributed by atoms with Crippen molar-refractivity contribution in [3.8, 4) is 5.75 Å². The molecule has 1 amide bonds. The van der Waals surface area contributed by atoms with Gasteiger partial charge < -0.3 is 9.64 Å². The maximum atomic E-state index is 12.9. The van der Waals surface area contributed by atoms with Crippen LogP contribution in [0.15, 0.2) is 48.7 Å². The van der Waals surface area contributed by atoms with Crippen molar-refractivity contribution in [3.05, 3.63) is 59.9 Å². The van der Waals surface area contributed by atoms with Crippen LogP contribution in [0.5, 0.6) is 5.75 Å². The summed E-state index contributed by atoms with van der Waals surface area (Å²) in [6.07, 6.45) is -2.74. The molecule has 8 heteroatoms. The fourth-order valence-electron chi connectivity index (χ4n) is 3.33. The Labute approximate surface area is 168 Å². The van der Waals surface area contributed by atoms with Gasteiger partial charge >= 0.3 is 6.18 Å². The number of amides is 1. The highest BCUT2D eigenvalue weighted by atomic mass is 19.4. The van der Waals surface area contributed by atoms with E-state index in [1.54, 1.807) is 18.0 Å². The molecule has 29 heavy (non-hydrogen) atoms. The lowest BCUT2D eigenvalue weighted by atomic mass is 10.2. The van der Waals surface area contributed by atoms with Crippen LogP contribution < -0.4 is 4.74 Å². The summed E-state index contributed by atoms with van der Waals surface area (Å²) in [5.41, 5.74) is 0.183. The SMILES string of the molecule is C[C@@H](Oc1cccc(C(F)(F)F)c1)C(=O)N1CCCN(Cc2ccccn2)CC1. The average Bonchev–Trinajstić information content (AvgIpc) is 2.93. The molecule has 156 valence electrons. The van der Waals surface area contributed by atoms with E-state index in [2.05, 4.69) is 9.88 Å². The number of ether oxygens (including phenoxy) is 1. The molecular weight excluding hydrogens is 383 g/mol. The fraction of sp³-hybridized carbons (Fsp3) is 0.429. The van der Waals surface area contributed by atoms with Gasteiger partial charge in [-0.25, -0.2) is 0 Å². The van der Waals surface area contributed by atoms with Crippen LogP contribution in [0.1, 0.15) is 24.6 Å². The summed E-state index contributed by atoms with van der Waals surface area (Å²) in [6.45, 7) is 4.98. The number of pyridine rings is 1. The van der Waals surface area contributed by atoms with Gasteiger partial charge in [0.15, 0.2) is 6.10 Å². The van der Waals surface area contributed by atoms with Crippen LogP contribution >= 0.6 is 0 Å². The van der Waals surface area contributed by atoms with E-state index >= 15 is 0 Å². The molecule has 1 saturated heterocycles. The van der Waals surface area contributed by atoms with E-state index < -0.39 is 17.8 Å². The second-order valence-corrected chi connectivity index (χ2v) is 7.06. The number of nitrogens with zero attached hydrogens (tertiary/aromatic N) is 3. The zero-order valence-electron chi connectivity index (χ0n) is 16.2. The number of halogens is 3. The van der Waals surface area contributed by atoms with Crippen molar-refractivity contribution < 1.29 is 22.7 Å². The topological polar surface area (TPSA) is 45.7 Å². The third-order valence-corrected chi connectivity index (χ3v) is 4.83. The van der Waals surface area contributed by atoms with Gasteiger partial charge in [-0.2, -0.15) is 13.2 Å². The number of carbonyl (C=O) groups is 1. The van der Waals surface area contributed by atoms with Gasteiger partial charge in [-0.05, 0) is 43.7 Å². The van der Waals surface area contributed by atoms with Gasteiger partial charge in [0.25, 0.3) is 5.91 Å². The number of benzene rings is 1. The van der Waals surface area contributed by atoms with Crippen molar-refractivity contribution in [3.63, 3.8) is 0 Å². The molecular formula is C21H24F3N3O2. The Morgan fingerprint density at radius 1 is 1.14 bits per heavy atom. The monoisotopic (exact) mass is 407 g/mol. The lowest BCUT2D eigenvalue weighted by molar-refractivity contribution is -0.138. The van der Waals surface area contributed by atoms with Crippen molar-refractivity contribution in [1.82, 2.24) is 14.8 Å². The molecule has 0 radical (unpaired) electrons. The summed E-state index contributed by atoms with van der Waals surface area (Å²) in [5.74, 6) is -0.186. The van der Waals surface area contributed by atoms with Crippen molar-refractivity contribution in [2.75, 3.05) is 26.2 Å². The molecule has 3 rings (SSSR count). The van der Waals surface area contributed by atoms with Crippen LogP contribution in [0, 0.1) is 0 Å². The summed E-state index contributed by atoms with van der Waals surface area (Å²) in [4.78, 5) is 21.0. The van der Waals surface area contributed by atoms with Crippen molar-refractivity contribution in [1.29, 1.82) is 0 Å². The Morgan fingerprint density at radius 3 is 2.69 bits per heavy atom. The smallest absolute Gasteiger partial charge is 0.416 e. The highest BCUT2D eigenvalue weighted by Gasteiger charge is 2.31. The summed E-state index contributed by atoms with van der Waals surface area (Å²) >= 11 is 0. The Hall–Kier alpha value is -2.61. The minimum Gasteiger partial charge on any atom is -0.481 e. The van der Waals surface area contributed by atoms with Crippen molar-refractivity contribution >= 4 is 5.91 Å². The number of alkyl halides is 3. The van der Waals surface area contributed by atoms with E-state index in [4.69, 9.17) is 4.74 Å². The third-order valence-electron chi connectivity index (χ3n) is 4.83. The number of carbonyl (C=O) groups excluding carboxylic acids is 1. The Kier molecular flexibility index (Phi) is 6.74. The molecule has 0 bridgehead atoms. The molecule has 0 N–H and O–H groups in total. The first kappa shape index (κ1) is 21.1. The van der Waals surface area contributed by atoms with Crippen LogP contribution in [0.4, 0.5) is 13.2 Å². The fourth-order valence-corrected chi connectivity index (χ4v) is 3.33. The minimum atomic E-state index is -4.45. The molecule has 5 nitrogen and oxygen atoms in total. The van der Waals surface area contributed by atoms with Gasteiger partial charge in [-0.15, -0.1) is 0 Å². The maximum absolute atomic E-state index is 12.9. The van der Waals surface area contributed by atoms with Crippen LogP contribution in [-0.4, -0.2) is 53.0 Å². The third kappa shape index (κ3) is 5.93. The Morgan fingerprint density at radius 2 is 1.97 bits per heavy atom. The molecule has 0 unspecified atom stereocenters. The summed E-state index contributed by atoms with van der Waals surface area (Å²) in [7, 11) is 0. The van der Waals surface area contributed by atoms with Crippen LogP contribution in [0.25, 0.3) is 0 Å². The van der Waals surface area contributed by atoms with Gasteiger partial charge in [0.1, 0.15) is 5.75 Å². The van der Waals surface area contributed by atoms with Crippen molar-refractivity contribution in [2.45, 2.75) is 32.2 Å². The summed E-state index contributed by atoms with van der Waals surface area (Å²) < 4.78 is 44.1. The second kappa shape index (κ2) is 9.26. The molecule has 1 aliphatic heterocycles. The zero-order chi connectivity index (χ0) is 20.9. The van der Waals surface area contributed by atoms with E-state index in [1.807, 2.05) is 18.2 Å². The van der Waals surface area contributed by atoms with Crippen molar-refractivity contribution in [2.24, 2.45) is 0 Å². The molecule has 1 aliphatic rings. The van der Waals surface area contributed by atoms with Crippen LogP contribution in [0.2, 0.25) is 0 Å². The molecule has 1 aromatic carbocycles. The molecule has 2 heterocycles. The number of hydrogen-bond acceptors (Lipinski definition) is 4. The van der Waals surface area contributed by atoms with Crippen LogP contribution in [-0.2, 0) is 17.5 Å². The Bertz CT molecular complexity index is 814. The van der Waals surface area contributed by atoms with E-state index in [0.717, 1.165) is 37.3 Å². The molecule has 1 atom stereocenters. The highest BCUT2D eigenvalue weighted by Crippen LogP contribution is 2.31. The maximum Gasteiger partial charge on any atom is 0.416 e. The molecule has 2 aromatic rings. The first-order valence-electron chi connectivity index (χ1n) is 9.58. The summed E-state index contributed by atoms with van der Waals surface area (Å²) in [6, 6.07) is 10.4. The predicted octanol–water partition coefficient (Wildman–Crippen LogP) is 3.60. The molecule has 0 aliphatic carbocycles. The van der Waals surface area contributed by atoms with Gasteiger partial charge in [-0.3, -0.25) is 14.7 Å². The van der Waals surface area contributed by atoms with Gasteiger partial charge in [0.05, 0.1) is 11.3 Å². The second-order valence-electron chi connectivity index (χ2n) is 7.06. The predicted molar refractivity (Wildman–Crippen MR) is 102 cm³/mol. The lowest BCUT2D eigenvalue weighted by Crippen LogP contribution is -2.42. The van der Waals surface area contributed by atoms with E-state index in [-0.39, 0.29) is 11.7 Å². The van der Waals surface area contributed by atoms with E-state index in [1.165, 1.54) is 12.1 Å². The molecule has 1 fully saturated rings. The largest absolute Gasteiger partial charge is 0.481 e. The van der Waals surface area contributed by atoms with Crippen LogP contribution in [0.3, 0.4) is 0 Å². The van der Waals surface area contributed by atoms with E-state index in [0.29, 0.717) is 19.6 Å². The zero-order valence-corrected chi connectivity index (χ0v) is 16.2. The first-order chi connectivity index (χ1) is 13.8.